The Morgan fingerprint density at radius 2 is 2.12 bits per heavy atom. The quantitative estimate of drug-likeness (QED) is 0.613. The summed E-state index contributed by atoms with van der Waals surface area (Å²) in [5, 5.41) is 0. The molecule has 3 aliphatic rings. The van der Waals surface area contributed by atoms with E-state index in [2.05, 4.69) is 19.1 Å². The number of hydrogen-bond donors (Lipinski definition) is 0. The molecule has 3 atom stereocenters. The minimum absolute atomic E-state index is 0.375. The van der Waals surface area contributed by atoms with Gasteiger partial charge in [-0.3, -0.25) is 4.79 Å². The number of carbonyl (C=O) groups is 1. The van der Waals surface area contributed by atoms with Crippen molar-refractivity contribution in [2.75, 3.05) is 0 Å². The summed E-state index contributed by atoms with van der Waals surface area (Å²) in [7, 11) is 0. The molecule has 0 heterocycles. The van der Waals surface area contributed by atoms with Crippen LogP contribution in [0.3, 0.4) is 0 Å². The van der Waals surface area contributed by atoms with Crippen molar-refractivity contribution in [3.63, 3.8) is 0 Å². The molecule has 0 aromatic carbocycles. The molecule has 1 nitrogen and oxygen atoms in total. The zero-order chi connectivity index (χ0) is 12.0. The summed E-state index contributed by atoms with van der Waals surface area (Å²) >= 11 is 0. The second-order valence-electron chi connectivity index (χ2n) is 6.34. The smallest absolute Gasteiger partial charge is 0.158 e. The van der Waals surface area contributed by atoms with Gasteiger partial charge in [0.2, 0.25) is 0 Å². The second kappa shape index (κ2) is 3.83. The molecule has 17 heavy (non-hydrogen) atoms. The molecule has 0 amide bonds. The predicted molar refractivity (Wildman–Crippen MR) is 69.6 cm³/mol. The van der Waals surface area contributed by atoms with Gasteiger partial charge in [0.1, 0.15) is 0 Å². The summed E-state index contributed by atoms with van der Waals surface area (Å²) in [4.78, 5) is 11.8. The summed E-state index contributed by atoms with van der Waals surface area (Å²) in [5.74, 6) is 1.84. The lowest BCUT2D eigenvalue weighted by molar-refractivity contribution is -0.116. The van der Waals surface area contributed by atoms with Crippen LogP contribution >= 0.6 is 0 Å². The maximum absolute atomic E-state index is 11.8. The van der Waals surface area contributed by atoms with Crippen LogP contribution in [0.25, 0.3) is 0 Å². The van der Waals surface area contributed by atoms with E-state index in [9.17, 15) is 4.79 Å². The minimum Gasteiger partial charge on any atom is -0.295 e. The van der Waals surface area contributed by atoms with Crippen LogP contribution in [-0.4, -0.2) is 5.78 Å². The van der Waals surface area contributed by atoms with E-state index >= 15 is 0 Å². The predicted octanol–water partition coefficient (Wildman–Crippen LogP) is 4.05. The number of fused-ring (bicyclic) bond motifs is 3. The van der Waals surface area contributed by atoms with E-state index in [0.29, 0.717) is 17.1 Å². The Morgan fingerprint density at radius 1 is 1.29 bits per heavy atom. The monoisotopic (exact) mass is 230 g/mol. The Bertz CT molecular complexity index is 415. The Labute approximate surface area is 104 Å². The van der Waals surface area contributed by atoms with Gasteiger partial charge in [-0.25, -0.2) is 0 Å². The molecule has 3 rings (SSSR count). The third-order valence-electron chi connectivity index (χ3n) is 5.39. The van der Waals surface area contributed by atoms with Crippen LogP contribution in [-0.2, 0) is 4.79 Å². The van der Waals surface area contributed by atoms with Crippen LogP contribution in [0.1, 0.15) is 52.4 Å². The van der Waals surface area contributed by atoms with Crippen LogP contribution < -0.4 is 0 Å². The SMILES string of the molecule is CC1=C2C=C[C@]3(C)CCCC[C@H]3[C@H]2CCC1=O. The number of Topliss-reactive ketones (excluding diaryl/α,β-unsaturated/α-hetero) is 1. The molecule has 0 unspecified atom stereocenters. The molecule has 1 saturated carbocycles. The first kappa shape index (κ1) is 11.3. The zero-order valence-corrected chi connectivity index (χ0v) is 11.0. The molecule has 0 N–H and O–H groups in total. The van der Waals surface area contributed by atoms with Crippen molar-refractivity contribution >= 4 is 5.78 Å². The third-order valence-corrected chi connectivity index (χ3v) is 5.39. The van der Waals surface area contributed by atoms with E-state index in [0.717, 1.165) is 24.3 Å². The van der Waals surface area contributed by atoms with Gasteiger partial charge in [0.05, 0.1) is 0 Å². The largest absolute Gasteiger partial charge is 0.295 e. The molecule has 0 spiro atoms. The van der Waals surface area contributed by atoms with Gasteiger partial charge >= 0.3 is 0 Å². The normalized spacial score (nSPS) is 41.2. The second-order valence-corrected chi connectivity index (χ2v) is 6.34. The average molecular weight is 230 g/mol. The number of ketones is 1. The maximum atomic E-state index is 11.8. The fourth-order valence-corrected chi connectivity index (χ4v) is 4.27. The van der Waals surface area contributed by atoms with Gasteiger partial charge in [-0.15, -0.1) is 0 Å². The van der Waals surface area contributed by atoms with Crippen LogP contribution in [0, 0.1) is 17.3 Å². The molecule has 0 aromatic heterocycles. The molecular formula is C16H22O. The molecule has 0 aliphatic heterocycles. The van der Waals surface area contributed by atoms with E-state index in [1.807, 2.05) is 6.92 Å². The van der Waals surface area contributed by atoms with Crippen molar-refractivity contribution < 1.29 is 4.79 Å². The van der Waals surface area contributed by atoms with E-state index in [-0.39, 0.29) is 0 Å². The van der Waals surface area contributed by atoms with E-state index in [4.69, 9.17) is 0 Å². The lowest BCUT2D eigenvalue weighted by atomic mass is 9.56. The summed E-state index contributed by atoms with van der Waals surface area (Å²) in [6.07, 6.45) is 12.0. The van der Waals surface area contributed by atoms with Crippen molar-refractivity contribution in [3.8, 4) is 0 Å². The van der Waals surface area contributed by atoms with Gasteiger partial charge in [-0.2, -0.15) is 0 Å². The Morgan fingerprint density at radius 3 is 2.94 bits per heavy atom. The van der Waals surface area contributed by atoms with E-state index in [1.54, 1.807) is 0 Å². The Hall–Kier alpha value is -0.850. The van der Waals surface area contributed by atoms with Crippen LogP contribution in [0.2, 0.25) is 0 Å². The van der Waals surface area contributed by atoms with Gasteiger partial charge in [0.25, 0.3) is 0 Å². The number of carbonyl (C=O) groups excluding carboxylic acids is 1. The van der Waals surface area contributed by atoms with Crippen molar-refractivity contribution in [3.05, 3.63) is 23.3 Å². The van der Waals surface area contributed by atoms with Crippen molar-refractivity contribution in [2.45, 2.75) is 52.4 Å². The first-order valence-corrected chi connectivity index (χ1v) is 7.05. The van der Waals surface area contributed by atoms with E-state index < -0.39 is 0 Å². The maximum Gasteiger partial charge on any atom is 0.158 e. The molecule has 0 radical (unpaired) electrons. The van der Waals surface area contributed by atoms with Crippen LogP contribution in [0.5, 0.6) is 0 Å². The Balaban J connectivity index is 2.05. The summed E-state index contributed by atoms with van der Waals surface area (Å²) in [6, 6.07) is 0. The molecule has 92 valence electrons. The number of allylic oxidation sites excluding steroid dienone is 4. The highest BCUT2D eigenvalue weighted by atomic mass is 16.1. The standard InChI is InChI=1S/C16H22O/c1-11-12-8-10-16(2)9-4-3-5-14(16)13(12)6-7-15(11)17/h8,10,13-14H,3-7,9H2,1-2H3/t13-,14-,16-/m0/s1. The van der Waals surface area contributed by atoms with Crippen LogP contribution in [0.4, 0.5) is 0 Å². The third kappa shape index (κ3) is 1.63. The summed E-state index contributed by atoms with van der Waals surface area (Å²) in [6.45, 7) is 4.45. The van der Waals surface area contributed by atoms with Crippen LogP contribution in [0.15, 0.2) is 23.3 Å². The number of rotatable bonds is 0. The van der Waals surface area contributed by atoms with Crippen molar-refractivity contribution in [1.29, 1.82) is 0 Å². The lowest BCUT2D eigenvalue weighted by Crippen LogP contribution is -2.39. The van der Waals surface area contributed by atoms with Gasteiger partial charge in [-0.05, 0) is 54.6 Å². The molecule has 0 bridgehead atoms. The van der Waals surface area contributed by atoms with E-state index in [1.165, 1.54) is 31.3 Å². The topological polar surface area (TPSA) is 17.1 Å². The summed E-state index contributed by atoms with van der Waals surface area (Å²) in [5.41, 5.74) is 2.82. The fraction of sp³-hybridized carbons (Fsp3) is 0.688. The summed E-state index contributed by atoms with van der Waals surface area (Å²) < 4.78 is 0. The molecule has 0 saturated heterocycles. The molecule has 0 aromatic rings. The van der Waals surface area contributed by atoms with Gasteiger partial charge in [0, 0.05) is 6.42 Å². The lowest BCUT2D eigenvalue weighted by Gasteiger charge is -2.48. The minimum atomic E-state index is 0.375. The van der Waals surface area contributed by atoms with Crippen molar-refractivity contribution in [2.24, 2.45) is 17.3 Å². The number of hydrogen-bond acceptors (Lipinski definition) is 1. The first-order valence-electron chi connectivity index (χ1n) is 7.05. The highest BCUT2D eigenvalue weighted by Gasteiger charge is 2.44. The fourth-order valence-electron chi connectivity index (χ4n) is 4.27. The highest BCUT2D eigenvalue weighted by molar-refractivity contribution is 5.97. The Kier molecular flexibility index (Phi) is 2.53. The zero-order valence-electron chi connectivity index (χ0n) is 11.0. The first-order chi connectivity index (χ1) is 8.12. The molecular weight excluding hydrogens is 208 g/mol. The van der Waals surface area contributed by atoms with Gasteiger partial charge in [0.15, 0.2) is 5.78 Å². The highest BCUT2D eigenvalue weighted by Crippen LogP contribution is 2.53. The molecule has 3 aliphatic carbocycles. The molecule has 1 fully saturated rings. The van der Waals surface area contributed by atoms with Gasteiger partial charge < -0.3 is 0 Å². The molecule has 1 heteroatoms. The van der Waals surface area contributed by atoms with Gasteiger partial charge in [-0.1, -0.05) is 31.9 Å². The van der Waals surface area contributed by atoms with Crippen molar-refractivity contribution in [1.82, 2.24) is 0 Å². The average Bonchev–Trinajstić information content (AvgIpc) is 2.33.